The molecule has 0 fully saturated rings. The predicted molar refractivity (Wildman–Crippen MR) is 58.6 cm³/mol. The Kier molecular flexibility index (Phi) is 2.71. The zero-order valence-electron chi connectivity index (χ0n) is 8.70. The largest absolute Gasteiger partial charge is 0.508 e. The highest BCUT2D eigenvalue weighted by Crippen LogP contribution is 2.32. The molecule has 0 aliphatic heterocycles. The summed E-state index contributed by atoms with van der Waals surface area (Å²) in [5, 5.41) is 10.5. The van der Waals surface area contributed by atoms with E-state index in [0.29, 0.717) is 10.8 Å². The number of benzene rings is 2. The Balaban J connectivity index is 2.48. The number of hydrogen-bond acceptors (Lipinski definition) is 2. The summed E-state index contributed by atoms with van der Waals surface area (Å²) < 4.78 is 37.3. The van der Waals surface area contributed by atoms with Crippen molar-refractivity contribution in [2.24, 2.45) is 5.73 Å². The van der Waals surface area contributed by atoms with Gasteiger partial charge in [-0.1, -0.05) is 18.2 Å². The molecule has 0 heterocycles. The minimum Gasteiger partial charge on any atom is -0.508 e. The maximum Gasteiger partial charge on any atom is 0.407 e. The standard InChI is InChI=1S/C12H10F3NO/c13-12(14,15)11(16)9-2-1-8-6-10(17)4-3-7(8)5-9/h1-6,11,17H,16H2/t11-/m1/s1. The van der Waals surface area contributed by atoms with E-state index >= 15 is 0 Å². The number of nitrogens with two attached hydrogens (primary N) is 1. The quantitative estimate of drug-likeness (QED) is 0.805. The molecule has 0 radical (unpaired) electrons. The van der Waals surface area contributed by atoms with E-state index < -0.39 is 12.2 Å². The number of rotatable bonds is 1. The summed E-state index contributed by atoms with van der Waals surface area (Å²) in [4.78, 5) is 0. The molecule has 0 saturated heterocycles. The van der Waals surface area contributed by atoms with Crippen molar-refractivity contribution in [1.82, 2.24) is 0 Å². The van der Waals surface area contributed by atoms with Crippen LogP contribution in [0.3, 0.4) is 0 Å². The lowest BCUT2D eigenvalue weighted by Crippen LogP contribution is -2.28. The van der Waals surface area contributed by atoms with Crippen molar-refractivity contribution >= 4 is 10.8 Å². The molecule has 3 N–H and O–H groups in total. The first kappa shape index (κ1) is 11.7. The first-order valence-corrected chi connectivity index (χ1v) is 4.93. The summed E-state index contributed by atoms with van der Waals surface area (Å²) in [5.74, 6) is 0.0744. The number of aromatic hydroxyl groups is 1. The second-order valence-corrected chi connectivity index (χ2v) is 3.81. The molecule has 0 spiro atoms. The number of phenolic OH excluding ortho intramolecular Hbond substituents is 1. The lowest BCUT2D eigenvalue weighted by Gasteiger charge is -2.16. The summed E-state index contributed by atoms with van der Waals surface area (Å²) in [6.07, 6.45) is -4.45. The van der Waals surface area contributed by atoms with Crippen LogP contribution in [0, 0.1) is 0 Å². The molecule has 5 heteroatoms. The second kappa shape index (κ2) is 3.92. The SMILES string of the molecule is N[C@H](c1ccc2cc(O)ccc2c1)C(F)(F)F. The van der Waals surface area contributed by atoms with E-state index in [4.69, 9.17) is 5.73 Å². The van der Waals surface area contributed by atoms with Gasteiger partial charge in [0.2, 0.25) is 0 Å². The van der Waals surface area contributed by atoms with E-state index in [2.05, 4.69) is 0 Å². The van der Waals surface area contributed by atoms with Crippen molar-refractivity contribution in [2.75, 3.05) is 0 Å². The lowest BCUT2D eigenvalue weighted by atomic mass is 10.0. The van der Waals surface area contributed by atoms with Crippen molar-refractivity contribution in [2.45, 2.75) is 12.2 Å². The maximum absolute atomic E-state index is 12.4. The van der Waals surface area contributed by atoms with Crippen molar-refractivity contribution in [3.63, 3.8) is 0 Å². The number of phenols is 1. The Morgan fingerprint density at radius 1 is 1.00 bits per heavy atom. The van der Waals surface area contributed by atoms with Crippen LogP contribution in [-0.4, -0.2) is 11.3 Å². The molecule has 1 atom stereocenters. The van der Waals surface area contributed by atoms with Crippen LogP contribution in [0.2, 0.25) is 0 Å². The summed E-state index contributed by atoms with van der Waals surface area (Å²) in [6.45, 7) is 0. The molecular weight excluding hydrogens is 231 g/mol. The van der Waals surface area contributed by atoms with Gasteiger partial charge in [-0.3, -0.25) is 0 Å². The highest BCUT2D eigenvalue weighted by Gasteiger charge is 2.37. The second-order valence-electron chi connectivity index (χ2n) is 3.81. The Bertz CT molecular complexity index is 551. The van der Waals surface area contributed by atoms with Gasteiger partial charge in [-0.25, -0.2) is 0 Å². The Hall–Kier alpha value is -1.75. The molecule has 0 unspecified atom stereocenters. The van der Waals surface area contributed by atoms with Crippen LogP contribution in [0.25, 0.3) is 10.8 Å². The van der Waals surface area contributed by atoms with Gasteiger partial charge in [-0.2, -0.15) is 13.2 Å². The normalized spacial score (nSPS) is 13.9. The fourth-order valence-corrected chi connectivity index (χ4v) is 1.63. The molecule has 0 bridgehead atoms. The number of hydrogen-bond donors (Lipinski definition) is 2. The Morgan fingerprint density at radius 3 is 2.24 bits per heavy atom. The monoisotopic (exact) mass is 241 g/mol. The van der Waals surface area contributed by atoms with E-state index in [9.17, 15) is 18.3 Å². The van der Waals surface area contributed by atoms with Crippen molar-refractivity contribution < 1.29 is 18.3 Å². The van der Waals surface area contributed by atoms with E-state index in [0.717, 1.165) is 0 Å². The first-order valence-electron chi connectivity index (χ1n) is 4.93. The summed E-state index contributed by atoms with van der Waals surface area (Å²) in [6, 6.07) is 6.68. The Labute approximate surface area is 95.5 Å². The smallest absolute Gasteiger partial charge is 0.407 e. The zero-order valence-corrected chi connectivity index (χ0v) is 8.70. The maximum atomic E-state index is 12.4. The minimum atomic E-state index is -4.45. The summed E-state index contributed by atoms with van der Waals surface area (Å²) in [7, 11) is 0. The molecule has 2 nitrogen and oxygen atoms in total. The minimum absolute atomic E-state index is 0.00990. The van der Waals surface area contributed by atoms with Gasteiger partial charge in [-0.05, 0) is 34.5 Å². The van der Waals surface area contributed by atoms with Gasteiger partial charge < -0.3 is 10.8 Å². The third-order valence-corrected chi connectivity index (χ3v) is 2.56. The highest BCUT2D eigenvalue weighted by atomic mass is 19.4. The topological polar surface area (TPSA) is 46.2 Å². The van der Waals surface area contributed by atoms with Gasteiger partial charge in [0.15, 0.2) is 0 Å². The van der Waals surface area contributed by atoms with Crippen LogP contribution in [0.4, 0.5) is 13.2 Å². The van der Waals surface area contributed by atoms with Crippen molar-refractivity contribution in [3.8, 4) is 5.75 Å². The van der Waals surface area contributed by atoms with Gasteiger partial charge in [0.25, 0.3) is 0 Å². The van der Waals surface area contributed by atoms with E-state index in [1.807, 2.05) is 0 Å². The van der Waals surface area contributed by atoms with Crippen molar-refractivity contribution in [1.29, 1.82) is 0 Å². The van der Waals surface area contributed by atoms with E-state index in [-0.39, 0.29) is 11.3 Å². The van der Waals surface area contributed by atoms with Gasteiger partial charge in [-0.15, -0.1) is 0 Å². The van der Waals surface area contributed by atoms with Crippen LogP contribution in [0.15, 0.2) is 36.4 Å². The van der Waals surface area contributed by atoms with Gasteiger partial charge in [0, 0.05) is 0 Å². The summed E-state index contributed by atoms with van der Waals surface area (Å²) >= 11 is 0. The molecule has 90 valence electrons. The van der Waals surface area contributed by atoms with Gasteiger partial charge in [0.05, 0.1) is 0 Å². The van der Waals surface area contributed by atoms with E-state index in [1.54, 1.807) is 6.07 Å². The fourth-order valence-electron chi connectivity index (χ4n) is 1.63. The number of fused-ring (bicyclic) bond motifs is 1. The summed E-state index contributed by atoms with van der Waals surface area (Å²) in [5.41, 5.74) is 5.13. The average Bonchev–Trinajstić information content (AvgIpc) is 2.26. The molecule has 2 aromatic carbocycles. The average molecular weight is 241 g/mol. The molecular formula is C12H10F3NO. The molecule has 0 saturated carbocycles. The molecule has 2 aromatic rings. The van der Waals surface area contributed by atoms with Crippen molar-refractivity contribution in [3.05, 3.63) is 42.0 Å². The Morgan fingerprint density at radius 2 is 1.59 bits per heavy atom. The number of halogens is 3. The zero-order chi connectivity index (χ0) is 12.6. The molecule has 0 aliphatic carbocycles. The molecule has 2 rings (SSSR count). The van der Waals surface area contributed by atoms with Crippen LogP contribution in [0.5, 0.6) is 5.75 Å². The third kappa shape index (κ3) is 2.34. The highest BCUT2D eigenvalue weighted by molar-refractivity contribution is 5.84. The molecule has 0 amide bonds. The first-order chi connectivity index (χ1) is 7.88. The number of alkyl halides is 3. The van der Waals surface area contributed by atoms with Crippen LogP contribution < -0.4 is 5.73 Å². The van der Waals surface area contributed by atoms with Gasteiger partial charge in [0.1, 0.15) is 11.8 Å². The third-order valence-electron chi connectivity index (χ3n) is 2.56. The van der Waals surface area contributed by atoms with E-state index in [1.165, 1.54) is 30.3 Å². The molecule has 0 aliphatic rings. The lowest BCUT2D eigenvalue weighted by molar-refractivity contribution is -0.149. The van der Waals surface area contributed by atoms with Crippen LogP contribution >= 0.6 is 0 Å². The van der Waals surface area contributed by atoms with Crippen LogP contribution in [-0.2, 0) is 0 Å². The fraction of sp³-hybridized carbons (Fsp3) is 0.167. The van der Waals surface area contributed by atoms with Gasteiger partial charge >= 0.3 is 6.18 Å². The van der Waals surface area contributed by atoms with Crippen LogP contribution in [0.1, 0.15) is 11.6 Å². The molecule has 17 heavy (non-hydrogen) atoms. The predicted octanol–water partition coefficient (Wildman–Crippen LogP) is 3.11. The molecule has 0 aromatic heterocycles.